The van der Waals surface area contributed by atoms with Crippen LogP contribution in [0.25, 0.3) is 0 Å². The highest BCUT2D eigenvalue weighted by Gasteiger charge is 2.05. The average Bonchev–Trinajstić information content (AvgIpc) is 2.70. The van der Waals surface area contributed by atoms with Crippen molar-refractivity contribution >= 4 is 12.1 Å². The van der Waals surface area contributed by atoms with Crippen molar-refractivity contribution in [3.05, 3.63) is 52.3 Å². The van der Waals surface area contributed by atoms with Gasteiger partial charge in [-0.2, -0.15) is 10.2 Å². The standard InChI is InChI=1S/C16H20N4O/c1-11-5-6-15(12(2)7-11)9-17-18-16(21)10-20-14(4)8-13(3)19-20/h5-9H,10H2,1-4H3,(H,18,21)/b17-9+. The lowest BCUT2D eigenvalue weighted by atomic mass is 10.1. The Morgan fingerprint density at radius 2 is 2.05 bits per heavy atom. The Morgan fingerprint density at radius 1 is 1.29 bits per heavy atom. The third-order valence-corrected chi connectivity index (χ3v) is 3.21. The Bertz CT molecular complexity index is 686. The summed E-state index contributed by atoms with van der Waals surface area (Å²) in [5.74, 6) is -0.192. The van der Waals surface area contributed by atoms with Crippen molar-refractivity contribution in [3.63, 3.8) is 0 Å². The Kier molecular flexibility index (Phi) is 4.52. The van der Waals surface area contributed by atoms with E-state index in [-0.39, 0.29) is 12.5 Å². The van der Waals surface area contributed by atoms with Gasteiger partial charge in [-0.1, -0.05) is 23.8 Å². The first-order chi connectivity index (χ1) is 9.95. The molecule has 1 heterocycles. The summed E-state index contributed by atoms with van der Waals surface area (Å²) in [5.41, 5.74) is 7.72. The molecule has 0 radical (unpaired) electrons. The molecule has 1 N–H and O–H groups in total. The Balaban J connectivity index is 1.94. The van der Waals surface area contributed by atoms with Gasteiger partial charge in [-0.05, 0) is 44.9 Å². The first-order valence-electron chi connectivity index (χ1n) is 6.86. The number of rotatable bonds is 4. The van der Waals surface area contributed by atoms with E-state index < -0.39 is 0 Å². The third-order valence-electron chi connectivity index (χ3n) is 3.21. The van der Waals surface area contributed by atoms with Gasteiger partial charge in [-0.3, -0.25) is 9.48 Å². The highest BCUT2D eigenvalue weighted by Crippen LogP contribution is 2.07. The summed E-state index contributed by atoms with van der Waals surface area (Å²) in [7, 11) is 0. The van der Waals surface area contributed by atoms with Crippen molar-refractivity contribution in [2.24, 2.45) is 5.10 Å². The Hall–Kier alpha value is -2.43. The van der Waals surface area contributed by atoms with Crippen LogP contribution in [-0.2, 0) is 11.3 Å². The van der Waals surface area contributed by atoms with Crippen LogP contribution in [0.3, 0.4) is 0 Å². The summed E-state index contributed by atoms with van der Waals surface area (Å²) in [6.45, 7) is 8.06. The molecule has 1 aromatic heterocycles. The molecular weight excluding hydrogens is 264 g/mol. The molecule has 1 amide bonds. The van der Waals surface area contributed by atoms with E-state index in [1.54, 1.807) is 10.9 Å². The first kappa shape index (κ1) is 15.0. The predicted octanol–water partition coefficient (Wildman–Crippen LogP) is 2.27. The molecule has 2 aromatic rings. The molecule has 0 saturated carbocycles. The van der Waals surface area contributed by atoms with E-state index in [0.717, 1.165) is 22.5 Å². The van der Waals surface area contributed by atoms with Crippen molar-refractivity contribution in [2.75, 3.05) is 0 Å². The molecular formula is C16H20N4O. The molecule has 2 rings (SSSR count). The van der Waals surface area contributed by atoms with E-state index in [1.165, 1.54) is 5.56 Å². The fourth-order valence-corrected chi connectivity index (χ4v) is 2.15. The van der Waals surface area contributed by atoms with Crippen molar-refractivity contribution in [2.45, 2.75) is 34.2 Å². The van der Waals surface area contributed by atoms with E-state index in [0.29, 0.717) is 0 Å². The zero-order valence-electron chi connectivity index (χ0n) is 12.8. The molecule has 21 heavy (non-hydrogen) atoms. The van der Waals surface area contributed by atoms with Crippen LogP contribution >= 0.6 is 0 Å². The van der Waals surface area contributed by atoms with E-state index in [9.17, 15) is 4.79 Å². The lowest BCUT2D eigenvalue weighted by Gasteiger charge is -2.03. The molecule has 5 heteroatoms. The van der Waals surface area contributed by atoms with Crippen LogP contribution < -0.4 is 5.43 Å². The smallest absolute Gasteiger partial charge is 0.261 e. The summed E-state index contributed by atoms with van der Waals surface area (Å²) in [6, 6.07) is 8.03. The highest BCUT2D eigenvalue weighted by molar-refractivity contribution is 5.83. The molecule has 0 aliphatic heterocycles. The summed E-state index contributed by atoms with van der Waals surface area (Å²) < 4.78 is 1.66. The number of benzene rings is 1. The summed E-state index contributed by atoms with van der Waals surface area (Å²) in [4.78, 5) is 11.8. The minimum Gasteiger partial charge on any atom is -0.271 e. The molecule has 5 nitrogen and oxygen atoms in total. The predicted molar refractivity (Wildman–Crippen MR) is 83.4 cm³/mol. The molecule has 0 bridgehead atoms. The second-order valence-corrected chi connectivity index (χ2v) is 5.24. The van der Waals surface area contributed by atoms with Gasteiger partial charge in [0, 0.05) is 5.69 Å². The Labute approximate surface area is 124 Å². The third kappa shape index (κ3) is 4.02. The van der Waals surface area contributed by atoms with Gasteiger partial charge >= 0.3 is 0 Å². The fourth-order valence-electron chi connectivity index (χ4n) is 2.15. The van der Waals surface area contributed by atoms with Gasteiger partial charge < -0.3 is 0 Å². The topological polar surface area (TPSA) is 59.3 Å². The summed E-state index contributed by atoms with van der Waals surface area (Å²) in [6.07, 6.45) is 1.66. The van der Waals surface area contributed by atoms with Gasteiger partial charge in [0.2, 0.25) is 0 Å². The average molecular weight is 284 g/mol. The normalized spacial score (nSPS) is 11.0. The Morgan fingerprint density at radius 3 is 2.67 bits per heavy atom. The molecule has 110 valence electrons. The molecule has 0 spiro atoms. The zero-order valence-corrected chi connectivity index (χ0v) is 12.8. The van der Waals surface area contributed by atoms with Crippen LogP contribution in [0.4, 0.5) is 0 Å². The van der Waals surface area contributed by atoms with Gasteiger partial charge in [0.25, 0.3) is 5.91 Å². The molecule has 0 aliphatic rings. The van der Waals surface area contributed by atoms with Gasteiger partial charge in [0.15, 0.2) is 0 Å². The largest absolute Gasteiger partial charge is 0.271 e. The second kappa shape index (κ2) is 6.35. The zero-order chi connectivity index (χ0) is 15.4. The number of hydrazone groups is 1. The lowest BCUT2D eigenvalue weighted by Crippen LogP contribution is -2.24. The van der Waals surface area contributed by atoms with Crippen LogP contribution in [0.1, 0.15) is 28.1 Å². The fraction of sp³-hybridized carbons (Fsp3) is 0.312. The van der Waals surface area contributed by atoms with Gasteiger partial charge in [0.1, 0.15) is 6.54 Å². The molecule has 0 unspecified atom stereocenters. The maximum absolute atomic E-state index is 11.8. The lowest BCUT2D eigenvalue weighted by molar-refractivity contribution is -0.121. The molecule has 0 fully saturated rings. The van der Waals surface area contributed by atoms with Crippen LogP contribution in [-0.4, -0.2) is 21.9 Å². The SMILES string of the molecule is Cc1ccc(/C=N/NC(=O)Cn2nc(C)cc2C)c(C)c1. The van der Waals surface area contributed by atoms with Crippen molar-refractivity contribution in [1.82, 2.24) is 15.2 Å². The highest BCUT2D eigenvalue weighted by atomic mass is 16.2. The van der Waals surface area contributed by atoms with Gasteiger partial charge in [-0.15, -0.1) is 0 Å². The number of nitrogens with zero attached hydrogens (tertiary/aromatic N) is 3. The molecule has 0 saturated heterocycles. The molecule has 0 aliphatic carbocycles. The monoisotopic (exact) mass is 284 g/mol. The maximum Gasteiger partial charge on any atom is 0.261 e. The number of hydrogen-bond donors (Lipinski definition) is 1. The van der Waals surface area contributed by atoms with E-state index >= 15 is 0 Å². The van der Waals surface area contributed by atoms with Crippen LogP contribution in [0.15, 0.2) is 29.4 Å². The summed E-state index contributed by atoms with van der Waals surface area (Å²) in [5, 5.41) is 8.24. The van der Waals surface area contributed by atoms with Crippen LogP contribution in [0.5, 0.6) is 0 Å². The van der Waals surface area contributed by atoms with Crippen molar-refractivity contribution < 1.29 is 4.79 Å². The van der Waals surface area contributed by atoms with Crippen molar-refractivity contribution in [3.8, 4) is 0 Å². The number of carbonyl (C=O) groups excluding carboxylic acids is 1. The van der Waals surface area contributed by atoms with Gasteiger partial charge in [-0.25, -0.2) is 5.43 Å². The van der Waals surface area contributed by atoms with Crippen LogP contribution in [0, 0.1) is 27.7 Å². The number of amides is 1. The number of aromatic nitrogens is 2. The van der Waals surface area contributed by atoms with E-state index in [4.69, 9.17) is 0 Å². The van der Waals surface area contributed by atoms with Crippen LogP contribution in [0.2, 0.25) is 0 Å². The van der Waals surface area contributed by atoms with Crippen molar-refractivity contribution in [1.29, 1.82) is 0 Å². The molecule has 1 aromatic carbocycles. The number of nitrogens with one attached hydrogen (secondary N) is 1. The second-order valence-electron chi connectivity index (χ2n) is 5.24. The first-order valence-corrected chi connectivity index (χ1v) is 6.86. The minimum absolute atomic E-state index is 0.171. The number of carbonyl (C=O) groups is 1. The maximum atomic E-state index is 11.8. The van der Waals surface area contributed by atoms with E-state index in [2.05, 4.69) is 21.7 Å². The molecule has 0 atom stereocenters. The quantitative estimate of drug-likeness (QED) is 0.691. The van der Waals surface area contributed by atoms with Gasteiger partial charge in [0.05, 0.1) is 11.9 Å². The van der Waals surface area contributed by atoms with E-state index in [1.807, 2.05) is 45.9 Å². The number of aryl methyl sites for hydroxylation is 4. The summed E-state index contributed by atoms with van der Waals surface area (Å²) >= 11 is 0. The number of hydrogen-bond acceptors (Lipinski definition) is 3. The minimum atomic E-state index is -0.192.